The van der Waals surface area contributed by atoms with Gasteiger partial charge in [0.2, 0.25) is 11.6 Å². The summed E-state index contributed by atoms with van der Waals surface area (Å²) in [5, 5.41) is 11.2. The van der Waals surface area contributed by atoms with E-state index in [1.165, 1.54) is 42.5 Å². The third-order valence-corrected chi connectivity index (χ3v) is 5.75. The van der Waals surface area contributed by atoms with Gasteiger partial charge in [0.15, 0.2) is 11.6 Å². The lowest BCUT2D eigenvalue weighted by atomic mass is 10.1. The van der Waals surface area contributed by atoms with Crippen LogP contribution in [0.5, 0.6) is 0 Å². The number of nitrogens with zero attached hydrogens (tertiary/aromatic N) is 4. The summed E-state index contributed by atoms with van der Waals surface area (Å²) in [4.78, 5) is 25.0. The molecule has 1 aromatic carbocycles. The Morgan fingerprint density at radius 1 is 1.06 bits per heavy atom. The van der Waals surface area contributed by atoms with Crippen LogP contribution in [-0.4, -0.2) is 31.1 Å². The minimum Gasteiger partial charge on any atom is -0.353 e. The van der Waals surface area contributed by atoms with Gasteiger partial charge in [-0.05, 0) is 31.4 Å². The first-order valence-electron chi connectivity index (χ1n) is 10.7. The molecule has 0 saturated heterocycles. The molecule has 0 radical (unpaired) electrons. The van der Waals surface area contributed by atoms with Crippen molar-refractivity contribution in [1.29, 1.82) is 0 Å². The van der Waals surface area contributed by atoms with Crippen molar-refractivity contribution in [3.63, 3.8) is 0 Å². The standard InChI is InChI=1S/C22H25F2N5O2/c23-17-11-10-16(14-18(17)24)28-12-13-29-19(26-27-21(29)22(28)31)8-5-9-20(30)25-15-6-3-1-2-4-7-15/h10-15H,1-9H2,(H,25,30). The van der Waals surface area contributed by atoms with E-state index in [2.05, 4.69) is 15.5 Å². The fraction of sp³-hybridized carbons (Fsp3) is 0.455. The molecule has 1 aliphatic rings. The molecule has 0 spiro atoms. The van der Waals surface area contributed by atoms with Gasteiger partial charge in [-0.3, -0.25) is 18.6 Å². The minimum atomic E-state index is -1.03. The predicted molar refractivity (Wildman–Crippen MR) is 111 cm³/mol. The minimum absolute atomic E-state index is 0.0430. The summed E-state index contributed by atoms with van der Waals surface area (Å²) >= 11 is 0. The Morgan fingerprint density at radius 2 is 1.84 bits per heavy atom. The number of fused-ring (bicyclic) bond motifs is 1. The smallest absolute Gasteiger partial charge is 0.300 e. The zero-order valence-corrected chi connectivity index (χ0v) is 17.2. The van der Waals surface area contributed by atoms with Crippen LogP contribution < -0.4 is 10.9 Å². The Hall–Kier alpha value is -3.10. The van der Waals surface area contributed by atoms with E-state index in [0.29, 0.717) is 25.1 Å². The highest BCUT2D eigenvalue weighted by Gasteiger charge is 2.16. The number of nitrogens with one attached hydrogen (secondary N) is 1. The van der Waals surface area contributed by atoms with Crippen molar-refractivity contribution >= 4 is 11.6 Å². The molecule has 3 aromatic rings. The summed E-state index contributed by atoms with van der Waals surface area (Å²) in [7, 11) is 0. The Balaban J connectivity index is 1.41. The number of aromatic nitrogens is 4. The lowest BCUT2D eigenvalue weighted by Gasteiger charge is -2.16. The molecule has 1 N–H and O–H groups in total. The van der Waals surface area contributed by atoms with Crippen molar-refractivity contribution in [1.82, 2.24) is 24.5 Å². The van der Waals surface area contributed by atoms with Crippen LogP contribution in [0.2, 0.25) is 0 Å². The van der Waals surface area contributed by atoms with E-state index in [-0.39, 0.29) is 23.3 Å². The van der Waals surface area contributed by atoms with Crippen molar-refractivity contribution in [3.8, 4) is 5.69 Å². The second kappa shape index (κ2) is 9.36. The van der Waals surface area contributed by atoms with E-state index in [4.69, 9.17) is 0 Å². The molecule has 2 aromatic heterocycles. The number of benzene rings is 1. The fourth-order valence-electron chi connectivity index (χ4n) is 4.07. The summed E-state index contributed by atoms with van der Waals surface area (Å²) in [6.07, 6.45) is 11.4. The summed E-state index contributed by atoms with van der Waals surface area (Å²) in [6, 6.07) is 3.52. The van der Waals surface area contributed by atoms with Gasteiger partial charge >= 0.3 is 5.56 Å². The molecule has 2 heterocycles. The number of halogens is 2. The van der Waals surface area contributed by atoms with E-state index in [1.807, 2.05) is 0 Å². The molecule has 1 amide bonds. The van der Waals surface area contributed by atoms with E-state index in [0.717, 1.165) is 25.0 Å². The first kappa shape index (κ1) is 21.1. The Kier molecular flexibility index (Phi) is 6.39. The second-order valence-electron chi connectivity index (χ2n) is 7.99. The molecule has 31 heavy (non-hydrogen) atoms. The molecule has 164 valence electrons. The normalized spacial score (nSPS) is 15.2. The SMILES string of the molecule is O=C(CCCc1nnc2c(=O)n(-c3ccc(F)c(F)c3)ccn12)NC1CCCCCC1. The Bertz CT molecular complexity index is 1130. The van der Waals surface area contributed by atoms with Crippen molar-refractivity contribution in [2.45, 2.75) is 63.8 Å². The topological polar surface area (TPSA) is 81.3 Å². The monoisotopic (exact) mass is 429 g/mol. The molecule has 4 rings (SSSR count). The van der Waals surface area contributed by atoms with Crippen LogP contribution in [0.1, 0.15) is 57.2 Å². The van der Waals surface area contributed by atoms with Crippen LogP contribution >= 0.6 is 0 Å². The molecule has 7 nitrogen and oxygen atoms in total. The predicted octanol–water partition coefficient (Wildman–Crippen LogP) is 3.32. The average molecular weight is 429 g/mol. The highest BCUT2D eigenvalue weighted by molar-refractivity contribution is 5.76. The van der Waals surface area contributed by atoms with Crippen LogP contribution in [0, 0.1) is 11.6 Å². The number of hydrogen-bond acceptors (Lipinski definition) is 4. The van der Waals surface area contributed by atoms with E-state index >= 15 is 0 Å². The number of carbonyl (C=O) groups excluding carboxylic acids is 1. The van der Waals surface area contributed by atoms with E-state index in [9.17, 15) is 18.4 Å². The first-order valence-corrected chi connectivity index (χ1v) is 10.7. The lowest BCUT2D eigenvalue weighted by Crippen LogP contribution is -2.34. The summed E-state index contributed by atoms with van der Waals surface area (Å²) in [6.45, 7) is 0. The molecule has 1 saturated carbocycles. The van der Waals surface area contributed by atoms with E-state index in [1.54, 1.807) is 10.6 Å². The maximum Gasteiger partial charge on any atom is 0.300 e. The van der Waals surface area contributed by atoms with Crippen LogP contribution in [0.25, 0.3) is 11.3 Å². The van der Waals surface area contributed by atoms with Gasteiger partial charge in [-0.1, -0.05) is 25.7 Å². The first-order chi connectivity index (χ1) is 15.0. The summed E-state index contributed by atoms with van der Waals surface area (Å²) < 4.78 is 29.5. The molecule has 0 aliphatic heterocycles. The molecule has 0 unspecified atom stereocenters. The maximum atomic E-state index is 13.5. The number of rotatable bonds is 6. The van der Waals surface area contributed by atoms with E-state index < -0.39 is 17.2 Å². The van der Waals surface area contributed by atoms with Crippen molar-refractivity contribution in [3.05, 3.63) is 58.4 Å². The molecular formula is C22H25F2N5O2. The molecule has 0 atom stereocenters. The third kappa shape index (κ3) is 4.81. The second-order valence-corrected chi connectivity index (χ2v) is 7.99. The van der Waals surface area contributed by atoms with Gasteiger partial charge in [0.1, 0.15) is 5.82 Å². The van der Waals surface area contributed by atoms with Crippen LogP contribution in [0.4, 0.5) is 8.78 Å². The van der Waals surface area contributed by atoms with Crippen LogP contribution in [0.15, 0.2) is 35.4 Å². The number of amides is 1. The number of hydrogen-bond donors (Lipinski definition) is 1. The highest BCUT2D eigenvalue weighted by Crippen LogP contribution is 2.17. The van der Waals surface area contributed by atoms with Gasteiger partial charge < -0.3 is 5.32 Å². The van der Waals surface area contributed by atoms with Gasteiger partial charge in [0.25, 0.3) is 0 Å². The zero-order valence-electron chi connectivity index (χ0n) is 17.2. The quantitative estimate of drug-likeness (QED) is 0.610. The zero-order chi connectivity index (χ0) is 21.8. The van der Waals surface area contributed by atoms with Crippen LogP contribution in [-0.2, 0) is 11.2 Å². The molecule has 0 bridgehead atoms. The summed E-state index contributed by atoms with van der Waals surface area (Å²) in [5.74, 6) is -1.40. The number of carbonyl (C=O) groups is 1. The Morgan fingerprint density at radius 3 is 2.58 bits per heavy atom. The van der Waals surface area contributed by atoms with Crippen molar-refractivity contribution in [2.24, 2.45) is 0 Å². The van der Waals surface area contributed by atoms with Crippen molar-refractivity contribution in [2.75, 3.05) is 0 Å². The van der Waals surface area contributed by atoms with Gasteiger partial charge in [-0.25, -0.2) is 8.78 Å². The fourth-order valence-corrected chi connectivity index (χ4v) is 4.07. The lowest BCUT2D eigenvalue weighted by molar-refractivity contribution is -0.122. The summed E-state index contributed by atoms with van der Waals surface area (Å²) in [5.41, 5.74) is -0.199. The number of aryl methyl sites for hydroxylation is 1. The highest BCUT2D eigenvalue weighted by atomic mass is 19.2. The largest absolute Gasteiger partial charge is 0.353 e. The molecular weight excluding hydrogens is 404 g/mol. The van der Waals surface area contributed by atoms with Gasteiger partial charge in [-0.2, -0.15) is 0 Å². The van der Waals surface area contributed by atoms with Gasteiger partial charge in [0.05, 0.1) is 5.69 Å². The maximum absolute atomic E-state index is 13.5. The molecule has 9 heteroatoms. The molecule has 1 fully saturated rings. The molecule has 1 aliphatic carbocycles. The van der Waals surface area contributed by atoms with Crippen LogP contribution in [0.3, 0.4) is 0 Å². The van der Waals surface area contributed by atoms with Gasteiger partial charge in [0, 0.05) is 37.3 Å². The van der Waals surface area contributed by atoms with Gasteiger partial charge in [-0.15, -0.1) is 10.2 Å². The van der Waals surface area contributed by atoms with Crippen molar-refractivity contribution < 1.29 is 13.6 Å². The Labute approximate surface area is 178 Å². The average Bonchev–Trinajstić information content (AvgIpc) is 2.99. The third-order valence-electron chi connectivity index (χ3n) is 5.75.